The number of nitrogens with zero attached hydrogens (tertiary/aromatic N) is 2. The van der Waals surface area contributed by atoms with Crippen LogP contribution in [0.2, 0.25) is 0 Å². The third-order valence-electron chi connectivity index (χ3n) is 3.69. The van der Waals surface area contributed by atoms with Crippen LogP contribution in [0.1, 0.15) is 50.4 Å². The summed E-state index contributed by atoms with van der Waals surface area (Å²) >= 11 is 0. The highest BCUT2D eigenvalue weighted by Crippen LogP contribution is 2.52. The number of rotatable bonds is 4. The SMILES string of the molecule is C[C@H](N)c1cncn1C(C1CC1)C1CC1. The smallest absolute Gasteiger partial charge is 0.0951 e. The summed E-state index contributed by atoms with van der Waals surface area (Å²) in [5.74, 6) is 1.81. The summed E-state index contributed by atoms with van der Waals surface area (Å²) in [6.45, 7) is 2.05. The van der Waals surface area contributed by atoms with Gasteiger partial charge in [-0.3, -0.25) is 0 Å². The van der Waals surface area contributed by atoms with E-state index in [0.29, 0.717) is 6.04 Å². The van der Waals surface area contributed by atoms with Gasteiger partial charge in [0.05, 0.1) is 12.0 Å². The zero-order chi connectivity index (χ0) is 10.4. The molecule has 2 aliphatic carbocycles. The second kappa shape index (κ2) is 3.34. The Balaban J connectivity index is 1.91. The van der Waals surface area contributed by atoms with Crippen molar-refractivity contribution < 1.29 is 0 Å². The van der Waals surface area contributed by atoms with Crippen molar-refractivity contribution in [1.82, 2.24) is 9.55 Å². The Morgan fingerprint density at radius 3 is 2.40 bits per heavy atom. The highest BCUT2D eigenvalue weighted by Gasteiger charge is 2.43. The quantitative estimate of drug-likeness (QED) is 0.819. The minimum Gasteiger partial charge on any atom is -0.330 e. The van der Waals surface area contributed by atoms with Crippen LogP contribution in [0.15, 0.2) is 12.5 Å². The third kappa shape index (κ3) is 1.69. The normalized spacial score (nSPS) is 23.4. The van der Waals surface area contributed by atoms with E-state index < -0.39 is 0 Å². The second-order valence-electron chi connectivity index (χ2n) is 5.18. The Kier molecular flexibility index (Phi) is 2.09. The van der Waals surface area contributed by atoms with Crippen molar-refractivity contribution in [3.63, 3.8) is 0 Å². The summed E-state index contributed by atoms with van der Waals surface area (Å²) < 4.78 is 2.36. The Morgan fingerprint density at radius 2 is 1.93 bits per heavy atom. The molecule has 0 aliphatic heterocycles. The molecule has 0 radical (unpaired) electrons. The maximum atomic E-state index is 5.98. The molecule has 0 saturated heterocycles. The maximum Gasteiger partial charge on any atom is 0.0951 e. The first-order valence-corrected chi connectivity index (χ1v) is 6.04. The van der Waals surface area contributed by atoms with Crippen LogP contribution in [-0.2, 0) is 0 Å². The fourth-order valence-corrected chi connectivity index (χ4v) is 2.63. The third-order valence-corrected chi connectivity index (χ3v) is 3.69. The van der Waals surface area contributed by atoms with Gasteiger partial charge in [-0.25, -0.2) is 4.98 Å². The number of nitrogens with two attached hydrogens (primary N) is 1. The van der Waals surface area contributed by atoms with Crippen LogP contribution >= 0.6 is 0 Å². The van der Waals surface area contributed by atoms with Gasteiger partial charge >= 0.3 is 0 Å². The molecular weight excluding hydrogens is 186 g/mol. The lowest BCUT2D eigenvalue weighted by atomic mass is 10.1. The molecule has 1 heterocycles. The van der Waals surface area contributed by atoms with Crippen molar-refractivity contribution in [3.05, 3.63) is 18.2 Å². The monoisotopic (exact) mass is 205 g/mol. The van der Waals surface area contributed by atoms with E-state index in [4.69, 9.17) is 5.73 Å². The van der Waals surface area contributed by atoms with Crippen LogP contribution in [-0.4, -0.2) is 9.55 Å². The molecule has 2 saturated carbocycles. The summed E-state index contributed by atoms with van der Waals surface area (Å²) in [5, 5.41) is 0. The van der Waals surface area contributed by atoms with Gasteiger partial charge in [0.2, 0.25) is 0 Å². The molecule has 0 spiro atoms. The molecule has 1 atom stereocenters. The zero-order valence-corrected chi connectivity index (χ0v) is 9.26. The molecule has 1 aromatic rings. The summed E-state index contributed by atoms with van der Waals surface area (Å²) in [7, 11) is 0. The van der Waals surface area contributed by atoms with Crippen molar-refractivity contribution in [2.75, 3.05) is 0 Å². The molecule has 82 valence electrons. The summed E-state index contributed by atoms with van der Waals surface area (Å²) in [6.07, 6.45) is 9.52. The Bertz CT molecular complexity index is 336. The van der Waals surface area contributed by atoms with E-state index >= 15 is 0 Å². The van der Waals surface area contributed by atoms with E-state index in [1.54, 1.807) is 0 Å². The summed E-state index contributed by atoms with van der Waals surface area (Å²) in [4.78, 5) is 4.27. The number of aromatic nitrogens is 2. The highest BCUT2D eigenvalue weighted by atomic mass is 15.1. The molecule has 0 bridgehead atoms. The molecule has 0 amide bonds. The van der Waals surface area contributed by atoms with Crippen molar-refractivity contribution in [2.24, 2.45) is 17.6 Å². The first kappa shape index (κ1) is 9.40. The van der Waals surface area contributed by atoms with Crippen LogP contribution < -0.4 is 5.73 Å². The largest absolute Gasteiger partial charge is 0.330 e. The summed E-state index contributed by atoms with van der Waals surface area (Å²) in [6, 6.07) is 0.806. The first-order chi connectivity index (χ1) is 7.27. The zero-order valence-electron chi connectivity index (χ0n) is 9.26. The van der Waals surface area contributed by atoms with Gasteiger partial charge in [0.25, 0.3) is 0 Å². The first-order valence-electron chi connectivity index (χ1n) is 6.04. The fourth-order valence-electron chi connectivity index (χ4n) is 2.63. The second-order valence-corrected chi connectivity index (χ2v) is 5.18. The van der Waals surface area contributed by atoms with Gasteiger partial charge in [-0.2, -0.15) is 0 Å². The van der Waals surface area contributed by atoms with Crippen molar-refractivity contribution >= 4 is 0 Å². The maximum absolute atomic E-state index is 5.98. The molecular formula is C12H19N3. The Morgan fingerprint density at radius 1 is 1.33 bits per heavy atom. The van der Waals surface area contributed by atoms with Crippen molar-refractivity contribution in [3.8, 4) is 0 Å². The van der Waals surface area contributed by atoms with Crippen LogP contribution in [0.25, 0.3) is 0 Å². The van der Waals surface area contributed by atoms with E-state index in [1.165, 1.54) is 31.4 Å². The van der Waals surface area contributed by atoms with Gasteiger partial charge in [-0.1, -0.05) is 0 Å². The average molecular weight is 205 g/mol. The lowest BCUT2D eigenvalue weighted by Gasteiger charge is -2.21. The van der Waals surface area contributed by atoms with Gasteiger partial charge in [0, 0.05) is 18.3 Å². The Labute approximate surface area is 90.7 Å². The molecule has 2 fully saturated rings. The van der Waals surface area contributed by atoms with Gasteiger partial charge < -0.3 is 10.3 Å². The minimum atomic E-state index is 0.104. The molecule has 3 nitrogen and oxygen atoms in total. The van der Waals surface area contributed by atoms with E-state index in [9.17, 15) is 0 Å². The number of imidazole rings is 1. The van der Waals surface area contributed by atoms with Crippen LogP contribution in [0, 0.1) is 11.8 Å². The van der Waals surface area contributed by atoms with Gasteiger partial charge in [0.1, 0.15) is 0 Å². The van der Waals surface area contributed by atoms with Crippen molar-refractivity contribution in [2.45, 2.75) is 44.7 Å². The van der Waals surface area contributed by atoms with Crippen molar-refractivity contribution in [1.29, 1.82) is 0 Å². The van der Waals surface area contributed by atoms with Gasteiger partial charge in [0.15, 0.2) is 0 Å². The number of hydrogen-bond acceptors (Lipinski definition) is 2. The molecule has 0 unspecified atom stereocenters. The predicted molar refractivity (Wildman–Crippen MR) is 59.3 cm³/mol. The molecule has 15 heavy (non-hydrogen) atoms. The lowest BCUT2D eigenvalue weighted by molar-refractivity contribution is 0.379. The van der Waals surface area contributed by atoms with E-state index in [0.717, 1.165) is 11.8 Å². The molecule has 1 aromatic heterocycles. The van der Waals surface area contributed by atoms with E-state index in [1.807, 2.05) is 19.4 Å². The average Bonchev–Trinajstić information content (AvgIpc) is 3.07. The number of hydrogen-bond donors (Lipinski definition) is 1. The standard InChI is InChI=1S/C12H19N3/c1-8(13)11-6-14-7-15(11)12(9-2-3-9)10-4-5-10/h6-10,12H,2-5,13H2,1H3/t8-/m0/s1. The molecule has 2 aliphatic rings. The topological polar surface area (TPSA) is 43.8 Å². The van der Waals surface area contributed by atoms with Gasteiger partial charge in [-0.05, 0) is 44.4 Å². The molecule has 0 aromatic carbocycles. The van der Waals surface area contributed by atoms with Crippen LogP contribution in [0.4, 0.5) is 0 Å². The van der Waals surface area contributed by atoms with Gasteiger partial charge in [-0.15, -0.1) is 0 Å². The molecule has 2 N–H and O–H groups in total. The minimum absolute atomic E-state index is 0.104. The molecule has 3 heteroatoms. The lowest BCUT2D eigenvalue weighted by Crippen LogP contribution is -2.19. The Hall–Kier alpha value is -0.830. The van der Waals surface area contributed by atoms with Crippen LogP contribution in [0.5, 0.6) is 0 Å². The van der Waals surface area contributed by atoms with E-state index in [-0.39, 0.29) is 6.04 Å². The molecule has 3 rings (SSSR count). The summed E-state index contributed by atoms with van der Waals surface area (Å²) in [5.41, 5.74) is 7.18. The fraction of sp³-hybridized carbons (Fsp3) is 0.750. The highest BCUT2D eigenvalue weighted by molar-refractivity contribution is 5.09. The predicted octanol–water partition coefficient (Wildman–Crippen LogP) is 2.26. The van der Waals surface area contributed by atoms with Crippen LogP contribution in [0.3, 0.4) is 0 Å². The van der Waals surface area contributed by atoms with E-state index in [2.05, 4.69) is 9.55 Å².